The third-order valence-corrected chi connectivity index (χ3v) is 5.00. The molecule has 1 unspecified atom stereocenters. The summed E-state index contributed by atoms with van der Waals surface area (Å²) in [6.45, 7) is 7.29. The van der Waals surface area contributed by atoms with Crippen LogP contribution in [0.1, 0.15) is 37.1 Å². The van der Waals surface area contributed by atoms with Crippen LogP contribution in [-0.2, 0) is 5.41 Å². The maximum absolute atomic E-state index is 5.94. The van der Waals surface area contributed by atoms with E-state index in [4.69, 9.17) is 17.3 Å². The molecular formula is C18H22ClNS. The number of halogens is 1. The Kier molecular flexibility index (Phi) is 5.37. The van der Waals surface area contributed by atoms with Gasteiger partial charge in [0.1, 0.15) is 0 Å². The first-order valence-electron chi connectivity index (χ1n) is 7.13. The molecule has 0 aromatic heterocycles. The minimum atomic E-state index is 0.187. The van der Waals surface area contributed by atoms with Gasteiger partial charge in [-0.25, -0.2) is 0 Å². The topological polar surface area (TPSA) is 26.0 Å². The molecule has 2 aromatic carbocycles. The number of hydrogen-bond donors (Lipinski definition) is 1. The van der Waals surface area contributed by atoms with Gasteiger partial charge in [-0.15, -0.1) is 11.8 Å². The van der Waals surface area contributed by atoms with Crippen LogP contribution in [-0.4, -0.2) is 6.54 Å². The molecule has 2 aromatic rings. The first kappa shape index (κ1) is 16.4. The van der Waals surface area contributed by atoms with Gasteiger partial charge in [0.2, 0.25) is 0 Å². The normalized spacial score (nSPS) is 13.2. The minimum Gasteiger partial charge on any atom is -0.329 e. The third kappa shape index (κ3) is 4.50. The number of thioether (sulfide) groups is 1. The van der Waals surface area contributed by atoms with Crippen molar-refractivity contribution in [3.05, 3.63) is 64.7 Å². The molecule has 0 saturated heterocycles. The van der Waals surface area contributed by atoms with Gasteiger partial charge in [-0.2, -0.15) is 0 Å². The highest BCUT2D eigenvalue weighted by molar-refractivity contribution is 7.99. The van der Waals surface area contributed by atoms with Crippen molar-refractivity contribution in [2.24, 2.45) is 5.73 Å². The number of benzene rings is 2. The Morgan fingerprint density at radius 3 is 2.05 bits per heavy atom. The van der Waals surface area contributed by atoms with Crippen LogP contribution in [0.3, 0.4) is 0 Å². The molecule has 0 bridgehead atoms. The minimum absolute atomic E-state index is 0.187. The Morgan fingerprint density at radius 1 is 1.00 bits per heavy atom. The van der Waals surface area contributed by atoms with Gasteiger partial charge >= 0.3 is 0 Å². The van der Waals surface area contributed by atoms with E-state index < -0.39 is 0 Å². The van der Waals surface area contributed by atoms with Crippen molar-refractivity contribution in [2.75, 3.05) is 6.54 Å². The summed E-state index contributed by atoms with van der Waals surface area (Å²) in [6, 6.07) is 16.7. The average Bonchev–Trinajstić information content (AvgIpc) is 2.45. The SMILES string of the molecule is CC(C)(C)c1ccc(SC(CN)c2ccc(Cl)cc2)cc1. The van der Waals surface area contributed by atoms with Gasteiger partial charge in [0.05, 0.1) is 0 Å². The lowest BCUT2D eigenvalue weighted by Gasteiger charge is -2.20. The standard InChI is InChI=1S/C18H22ClNS/c1-18(2,3)14-6-10-16(11-7-14)21-17(12-20)13-4-8-15(19)9-5-13/h4-11,17H,12,20H2,1-3H3. The highest BCUT2D eigenvalue weighted by atomic mass is 35.5. The highest BCUT2D eigenvalue weighted by Crippen LogP contribution is 2.35. The Morgan fingerprint density at radius 2 is 1.57 bits per heavy atom. The van der Waals surface area contributed by atoms with Crippen molar-refractivity contribution in [3.8, 4) is 0 Å². The summed E-state index contributed by atoms with van der Waals surface area (Å²) in [7, 11) is 0. The quantitative estimate of drug-likeness (QED) is 0.760. The molecule has 2 N–H and O–H groups in total. The molecular weight excluding hydrogens is 298 g/mol. The Bertz CT molecular complexity index is 570. The van der Waals surface area contributed by atoms with Gasteiger partial charge in [-0.3, -0.25) is 0 Å². The molecule has 0 spiro atoms. The van der Waals surface area contributed by atoms with E-state index in [0.29, 0.717) is 6.54 Å². The zero-order valence-electron chi connectivity index (χ0n) is 12.8. The Labute approximate surface area is 136 Å². The van der Waals surface area contributed by atoms with E-state index in [-0.39, 0.29) is 10.7 Å². The number of hydrogen-bond acceptors (Lipinski definition) is 2. The lowest BCUT2D eigenvalue weighted by molar-refractivity contribution is 0.590. The molecule has 112 valence electrons. The Balaban J connectivity index is 2.13. The summed E-state index contributed by atoms with van der Waals surface area (Å²) in [6.07, 6.45) is 0. The van der Waals surface area contributed by atoms with Crippen molar-refractivity contribution in [3.63, 3.8) is 0 Å². The molecule has 0 saturated carbocycles. The van der Waals surface area contributed by atoms with E-state index in [9.17, 15) is 0 Å². The van der Waals surface area contributed by atoms with Crippen LogP contribution >= 0.6 is 23.4 Å². The van der Waals surface area contributed by atoms with Gasteiger partial charge in [-0.1, -0.05) is 56.6 Å². The molecule has 3 heteroatoms. The maximum Gasteiger partial charge on any atom is 0.0466 e. The van der Waals surface area contributed by atoms with Gasteiger partial charge in [0, 0.05) is 21.7 Å². The number of nitrogens with two attached hydrogens (primary N) is 1. The lowest BCUT2D eigenvalue weighted by atomic mass is 9.87. The molecule has 0 aliphatic carbocycles. The largest absolute Gasteiger partial charge is 0.329 e. The number of rotatable bonds is 4. The highest BCUT2D eigenvalue weighted by Gasteiger charge is 2.15. The van der Waals surface area contributed by atoms with E-state index in [2.05, 4.69) is 57.2 Å². The maximum atomic E-state index is 5.94. The third-order valence-electron chi connectivity index (χ3n) is 3.45. The molecule has 21 heavy (non-hydrogen) atoms. The molecule has 1 atom stereocenters. The van der Waals surface area contributed by atoms with Crippen molar-refractivity contribution in [1.82, 2.24) is 0 Å². The van der Waals surface area contributed by atoms with Crippen molar-refractivity contribution in [1.29, 1.82) is 0 Å². The molecule has 0 radical (unpaired) electrons. The van der Waals surface area contributed by atoms with Crippen LogP contribution < -0.4 is 5.73 Å². The fourth-order valence-electron chi connectivity index (χ4n) is 2.13. The predicted molar refractivity (Wildman–Crippen MR) is 94.2 cm³/mol. The molecule has 0 aliphatic heterocycles. The second-order valence-corrected chi connectivity index (χ2v) is 7.88. The van der Waals surface area contributed by atoms with Crippen molar-refractivity contribution in [2.45, 2.75) is 36.3 Å². The zero-order chi connectivity index (χ0) is 15.5. The van der Waals surface area contributed by atoms with Crippen LogP contribution in [0, 0.1) is 0 Å². The summed E-state index contributed by atoms with van der Waals surface area (Å²) in [4.78, 5) is 1.24. The summed E-state index contributed by atoms with van der Waals surface area (Å²) in [5.41, 5.74) is 8.69. The van der Waals surface area contributed by atoms with Crippen LogP contribution in [0.2, 0.25) is 5.02 Å². The van der Waals surface area contributed by atoms with E-state index in [0.717, 1.165) is 5.02 Å². The van der Waals surface area contributed by atoms with Gasteiger partial charge < -0.3 is 5.73 Å². The molecule has 2 rings (SSSR count). The fraction of sp³-hybridized carbons (Fsp3) is 0.333. The summed E-state index contributed by atoms with van der Waals surface area (Å²) < 4.78 is 0. The van der Waals surface area contributed by atoms with Gasteiger partial charge in [0.25, 0.3) is 0 Å². The molecule has 0 heterocycles. The average molecular weight is 320 g/mol. The van der Waals surface area contributed by atoms with Gasteiger partial charge in [0.15, 0.2) is 0 Å². The Hall–Kier alpha value is -0.960. The zero-order valence-corrected chi connectivity index (χ0v) is 14.3. The van der Waals surface area contributed by atoms with E-state index in [1.807, 2.05) is 12.1 Å². The smallest absolute Gasteiger partial charge is 0.0466 e. The molecule has 0 amide bonds. The van der Waals surface area contributed by atoms with E-state index in [1.165, 1.54) is 16.0 Å². The van der Waals surface area contributed by atoms with Crippen molar-refractivity contribution < 1.29 is 0 Å². The van der Waals surface area contributed by atoms with Crippen LogP contribution in [0.5, 0.6) is 0 Å². The van der Waals surface area contributed by atoms with Crippen LogP contribution in [0.15, 0.2) is 53.4 Å². The second-order valence-electron chi connectivity index (χ2n) is 6.17. The fourth-order valence-corrected chi connectivity index (χ4v) is 3.26. The summed E-state index contributed by atoms with van der Waals surface area (Å²) in [5, 5.41) is 1.01. The summed E-state index contributed by atoms with van der Waals surface area (Å²) in [5.74, 6) is 0. The molecule has 0 aliphatic rings. The van der Waals surface area contributed by atoms with Crippen molar-refractivity contribution >= 4 is 23.4 Å². The monoisotopic (exact) mass is 319 g/mol. The molecule has 1 nitrogen and oxygen atoms in total. The second kappa shape index (κ2) is 6.87. The summed E-state index contributed by atoms with van der Waals surface area (Å²) >= 11 is 7.74. The van der Waals surface area contributed by atoms with Gasteiger partial charge in [-0.05, 0) is 40.8 Å². The lowest BCUT2D eigenvalue weighted by Crippen LogP contribution is -2.11. The predicted octanol–water partition coefficient (Wildman–Crippen LogP) is 5.43. The first-order valence-corrected chi connectivity index (χ1v) is 8.38. The first-order chi connectivity index (χ1) is 9.90. The molecule has 0 fully saturated rings. The van der Waals surface area contributed by atoms with Crippen LogP contribution in [0.4, 0.5) is 0 Å². The van der Waals surface area contributed by atoms with E-state index in [1.54, 1.807) is 11.8 Å². The van der Waals surface area contributed by atoms with E-state index >= 15 is 0 Å². The van der Waals surface area contributed by atoms with Crippen LogP contribution in [0.25, 0.3) is 0 Å².